The van der Waals surface area contributed by atoms with Crippen molar-refractivity contribution in [3.63, 3.8) is 0 Å². The lowest BCUT2D eigenvalue weighted by molar-refractivity contribution is -0.146. The van der Waals surface area contributed by atoms with Crippen LogP contribution in [0.1, 0.15) is 40.3 Å². The Morgan fingerprint density at radius 2 is 1.17 bits per heavy atom. The van der Waals surface area contributed by atoms with Gasteiger partial charge >= 0.3 is 0 Å². The maximum Gasteiger partial charge on any atom is 0.247 e. The third-order valence-electron chi connectivity index (χ3n) is 8.12. The number of hydrogen-bond donors (Lipinski definition) is 1. The van der Waals surface area contributed by atoms with Gasteiger partial charge in [-0.15, -0.1) is 23.2 Å². The second-order valence-corrected chi connectivity index (χ2v) is 11.1. The quantitative estimate of drug-likeness (QED) is 0.381. The van der Waals surface area contributed by atoms with Gasteiger partial charge in [0.2, 0.25) is 17.7 Å². The van der Waals surface area contributed by atoms with Crippen LogP contribution in [0.4, 0.5) is 5.69 Å². The number of imide groups is 1. The zero-order chi connectivity index (χ0) is 25.6. The van der Waals surface area contributed by atoms with E-state index >= 15 is 0 Å². The summed E-state index contributed by atoms with van der Waals surface area (Å²) in [6, 6.07) is 19.6. The number of alkyl halides is 2. The lowest BCUT2D eigenvalue weighted by Gasteiger charge is -2.54. The average Bonchev–Trinajstić information content (AvgIpc) is 3.15. The van der Waals surface area contributed by atoms with Crippen LogP contribution in [-0.2, 0) is 24.1 Å². The smallest absolute Gasteiger partial charge is 0.247 e. The van der Waals surface area contributed by atoms with Gasteiger partial charge in [-0.1, -0.05) is 66.7 Å². The van der Waals surface area contributed by atoms with Crippen molar-refractivity contribution < 1.29 is 14.4 Å². The highest BCUT2D eigenvalue weighted by Gasteiger charge is 2.73. The van der Waals surface area contributed by atoms with Crippen LogP contribution in [0.3, 0.4) is 0 Å². The highest BCUT2D eigenvalue weighted by atomic mass is 35.5. The summed E-state index contributed by atoms with van der Waals surface area (Å²) in [4.78, 5) is 39.9. The predicted octanol–water partition coefficient (Wildman–Crippen LogP) is 5.22. The number of carbonyl (C=O) groups is 3. The summed E-state index contributed by atoms with van der Waals surface area (Å²) in [5, 5.41) is 2.92. The van der Waals surface area contributed by atoms with Crippen molar-refractivity contribution in [1.29, 1.82) is 0 Å². The van der Waals surface area contributed by atoms with E-state index in [0.717, 1.165) is 38.3 Å². The Kier molecular flexibility index (Phi) is 4.96. The summed E-state index contributed by atoms with van der Waals surface area (Å²) in [6.45, 7) is 5.36. The van der Waals surface area contributed by atoms with Crippen molar-refractivity contribution >= 4 is 46.6 Å². The van der Waals surface area contributed by atoms with Gasteiger partial charge in [-0.25, -0.2) is 0 Å². The maximum atomic E-state index is 14.0. The topological polar surface area (TPSA) is 66.5 Å². The minimum absolute atomic E-state index is 0.442. The molecule has 0 radical (unpaired) electrons. The van der Waals surface area contributed by atoms with Crippen LogP contribution in [0.15, 0.2) is 66.7 Å². The third kappa shape index (κ3) is 2.70. The van der Waals surface area contributed by atoms with Crippen molar-refractivity contribution in [2.45, 2.75) is 36.6 Å². The molecule has 2 bridgehead atoms. The number of rotatable bonds is 3. The number of amides is 3. The molecule has 7 rings (SSSR count). The summed E-state index contributed by atoms with van der Waals surface area (Å²) in [6.07, 6.45) is 0. The Morgan fingerprint density at radius 3 is 1.56 bits per heavy atom. The van der Waals surface area contributed by atoms with Gasteiger partial charge in [0.1, 0.15) is 15.8 Å². The van der Waals surface area contributed by atoms with Crippen molar-refractivity contribution in [2.24, 2.45) is 11.8 Å². The zero-order valence-corrected chi connectivity index (χ0v) is 21.5. The molecule has 1 aliphatic heterocycles. The first-order valence-corrected chi connectivity index (χ1v) is 12.7. The van der Waals surface area contributed by atoms with E-state index in [4.69, 9.17) is 23.2 Å². The van der Waals surface area contributed by atoms with E-state index in [9.17, 15) is 14.4 Å². The first-order chi connectivity index (χ1) is 17.1. The molecule has 3 atom stereocenters. The Balaban J connectivity index is 1.46. The number of nitrogens with one attached hydrogen (secondary N) is 1. The normalized spacial score (nSPS) is 28.4. The summed E-state index contributed by atoms with van der Waals surface area (Å²) < 4.78 is 0. The molecule has 3 aliphatic carbocycles. The number of hydrogen-bond acceptors (Lipinski definition) is 3. The highest BCUT2D eigenvalue weighted by molar-refractivity contribution is 6.36. The van der Waals surface area contributed by atoms with Gasteiger partial charge in [0.25, 0.3) is 0 Å². The molecule has 36 heavy (non-hydrogen) atoms. The molecule has 3 amide bonds. The van der Waals surface area contributed by atoms with E-state index in [1.165, 1.54) is 0 Å². The van der Waals surface area contributed by atoms with E-state index in [0.29, 0.717) is 5.69 Å². The Bertz CT molecular complexity index is 1340. The van der Waals surface area contributed by atoms with Gasteiger partial charge in [0, 0.05) is 5.69 Å². The molecule has 182 valence electrons. The van der Waals surface area contributed by atoms with E-state index in [-0.39, 0.29) is 0 Å². The summed E-state index contributed by atoms with van der Waals surface area (Å²) in [7, 11) is 0. The van der Waals surface area contributed by atoms with Crippen LogP contribution in [0, 0.1) is 25.7 Å². The van der Waals surface area contributed by atoms with Crippen LogP contribution in [0.2, 0.25) is 0 Å². The van der Waals surface area contributed by atoms with Crippen molar-refractivity contribution in [1.82, 2.24) is 4.90 Å². The van der Waals surface area contributed by atoms with E-state index in [1.807, 2.05) is 80.6 Å². The molecular weight excluding hydrogens is 495 g/mol. The molecule has 1 saturated heterocycles. The van der Waals surface area contributed by atoms with Gasteiger partial charge < -0.3 is 5.32 Å². The number of anilines is 1. The SMILES string of the molecule is Cc1cccc(C)c1NC(=O)[C@H](C)N1C(=O)[C@H]2[C@H](C1=O)C1(Cl)c3ccccc3C2(Cl)c2ccccc21. The van der Waals surface area contributed by atoms with Crippen molar-refractivity contribution in [3.05, 3.63) is 100 Å². The molecular formula is C29H24Cl2N2O3. The van der Waals surface area contributed by atoms with Crippen LogP contribution in [0.25, 0.3) is 0 Å². The fraction of sp³-hybridized carbons (Fsp3) is 0.276. The molecule has 3 aromatic rings. The highest BCUT2D eigenvalue weighted by Crippen LogP contribution is 2.69. The zero-order valence-electron chi connectivity index (χ0n) is 20.0. The fourth-order valence-electron chi connectivity index (χ4n) is 6.43. The third-order valence-corrected chi connectivity index (χ3v) is 9.40. The largest absolute Gasteiger partial charge is 0.324 e. The lowest BCUT2D eigenvalue weighted by Crippen LogP contribution is -2.57. The van der Waals surface area contributed by atoms with Crippen LogP contribution >= 0.6 is 23.2 Å². The molecule has 5 nitrogen and oxygen atoms in total. The Hall–Kier alpha value is -3.15. The minimum Gasteiger partial charge on any atom is -0.324 e. The van der Waals surface area contributed by atoms with Gasteiger partial charge in [0.05, 0.1) is 11.8 Å². The number of nitrogens with zero attached hydrogens (tertiary/aromatic N) is 1. The minimum atomic E-state index is -1.27. The Labute approximate surface area is 219 Å². The van der Waals surface area contributed by atoms with Gasteiger partial charge in [0.15, 0.2) is 0 Å². The molecule has 4 aliphatic rings. The number of para-hydroxylation sites is 1. The predicted molar refractivity (Wildman–Crippen MR) is 139 cm³/mol. The molecule has 1 heterocycles. The molecule has 0 saturated carbocycles. The van der Waals surface area contributed by atoms with Crippen molar-refractivity contribution in [3.8, 4) is 0 Å². The molecule has 3 aromatic carbocycles. The van der Waals surface area contributed by atoms with Gasteiger partial charge in [-0.3, -0.25) is 19.3 Å². The van der Waals surface area contributed by atoms with E-state index in [2.05, 4.69) is 5.32 Å². The molecule has 1 N–H and O–H groups in total. The van der Waals surface area contributed by atoms with Gasteiger partial charge in [-0.05, 0) is 54.2 Å². The van der Waals surface area contributed by atoms with Gasteiger partial charge in [-0.2, -0.15) is 0 Å². The second kappa shape index (κ2) is 7.67. The molecule has 0 unspecified atom stereocenters. The molecule has 7 heteroatoms. The molecule has 0 spiro atoms. The number of aryl methyl sites for hydroxylation is 2. The number of likely N-dealkylation sites (tertiary alicyclic amines) is 1. The fourth-order valence-corrected chi connectivity index (χ4v) is 7.52. The first-order valence-electron chi connectivity index (χ1n) is 11.9. The first kappa shape index (κ1) is 23.3. The summed E-state index contributed by atoms with van der Waals surface area (Å²) in [5.74, 6) is -3.24. The standard InChI is InChI=1S/C29H24Cl2N2O3/c1-15-9-8-10-16(2)24(15)32-25(34)17(3)33-26(35)22-23(27(33)36)29(31)19-12-5-4-11-18(19)28(22,30)20-13-6-7-14-21(20)29/h4-14,17,22-23H,1-3H3,(H,32,34)/t17-,22+,23+,28?,29?/m0/s1. The number of halogens is 2. The summed E-state index contributed by atoms with van der Waals surface area (Å²) in [5.41, 5.74) is 5.40. The van der Waals surface area contributed by atoms with Crippen molar-refractivity contribution in [2.75, 3.05) is 5.32 Å². The van der Waals surface area contributed by atoms with E-state index in [1.54, 1.807) is 6.92 Å². The van der Waals surface area contributed by atoms with Crippen LogP contribution in [0.5, 0.6) is 0 Å². The average molecular weight is 519 g/mol. The van der Waals surface area contributed by atoms with Crippen LogP contribution < -0.4 is 5.32 Å². The number of benzene rings is 3. The Morgan fingerprint density at radius 1 is 0.778 bits per heavy atom. The van der Waals surface area contributed by atoms with Crippen LogP contribution in [-0.4, -0.2) is 28.7 Å². The second-order valence-electron chi connectivity index (χ2n) is 9.95. The maximum absolute atomic E-state index is 14.0. The monoisotopic (exact) mass is 518 g/mol. The molecule has 1 fully saturated rings. The lowest BCUT2D eigenvalue weighted by atomic mass is 9.54. The summed E-state index contributed by atoms with van der Waals surface area (Å²) >= 11 is 14.9. The molecule has 0 aromatic heterocycles. The van der Waals surface area contributed by atoms with E-state index < -0.39 is 45.3 Å². The number of carbonyl (C=O) groups excluding carboxylic acids is 3.